The Kier molecular flexibility index (Phi) is 6.92. The quantitative estimate of drug-likeness (QED) is 0.202. The number of aliphatic hydroxyl groups is 1. The number of hydrogen-bond donors (Lipinski definition) is 1. The maximum atomic E-state index is 12.7. The number of unbranched alkanes of at least 4 members (excludes halogenated alkanes) is 1. The van der Waals surface area contributed by atoms with Gasteiger partial charge in [-0.25, -0.2) is 4.79 Å². The van der Waals surface area contributed by atoms with E-state index in [4.69, 9.17) is 9.84 Å². The number of benzene rings is 2. The second-order valence-corrected chi connectivity index (χ2v) is 5.23. The van der Waals surface area contributed by atoms with Crippen molar-refractivity contribution in [1.29, 1.82) is 0 Å². The highest BCUT2D eigenvalue weighted by atomic mass is 16.5. The number of esters is 1. The lowest BCUT2D eigenvalue weighted by atomic mass is 10.0. The van der Waals surface area contributed by atoms with E-state index in [9.17, 15) is 9.59 Å². The third-order valence-corrected chi connectivity index (χ3v) is 3.40. The van der Waals surface area contributed by atoms with Crippen LogP contribution in [0.5, 0.6) is 0 Å². The predicted molar refractivity (Wildman–Crippen MR) is 92.5 cm³/mol. The summed E-state index contributed by atoms with van der Waals surface area (Å²) in [5.41, 5.74) is 1.19. The molecule has 0 amide bonds. The van der Waals surface area contributed by atoms with Gasteiger partial charge >= 0.3 is 5.97 Å². The van der Waals surface area contributed by atoms with Crippen molar-refractivity contribution in [3.63, 3.8) is 0 Å². The molecule has 124 valence electrons. The Balaban J connectivity index is 2.23. The summed E-state index contributed by atoms with van der Waals surface area (Å²) in [6.45, 7) is 0.223. The first-order chi connectivity index (χ1) is 11.7. The van der Waals surface area contributed by atoms with E-state index in [-0.39, 0.29) is 24.6 Å². The van der Waals surface area contributed by atoms with Gasteiger partial charge in [0.1, 0.15) is 5.57 Å². The van der Waals surface area contributed by atoms with Gasteiger partial charge in [-0.1, -0.05) is 60.7 Å². The molecule has 0 aliphatic rings. The average molecular weight is 324 g/mol. The minimum Gasteiger partial charge on any atom is -0.462 e. The molecule has 0 unspecified atom stereocenters. The highest BCUT2D eigenvalue weighted by Crippen LogP contribution is 2.15. The van der Waals surface area contributed by atoms with Crippen LogP contribution in [0.4, 0.5) is 0 Å². The Morgan fingerprint density at radius 1 is 0.917 bits per heavy atom. The van der Waals surface area contributed by atoms with Gasteiger partial charge in [0.15, 0.2) is 5.78 Å². The van der Waals surface area contributed by atoms with Crippen LogP contribution in [0, 0.1) is 0 Å². The van der Waals surface area contributed by atoms with Gasteiger partial charge in [0.2, 0.25) is 0 Å². The Hall–Kier alpha value is -2.72. The van der Waals surface area contributed by atoms with E-state index in [1.165, 1.54) is 0 Å². The highest BCUT2D eigenvalue weighted by molar-refractivity contribution is 6.26. The predicted octanol–water partition coefficient (Wildman–Crippen LogP) is 3.27. The van der Waals surface area contributed by atoms with Crippen LogP contribution < -0.4 is 0 Å². The summed E-state index contributed by atoms with van der Waals surface area (Å²) in [5, 5.41) is 8.77. The first-order valence-electron chi connectivity index (χ1n) is 7.87. The summed E-state index contributed by atoms with van der Waals surface area (Å²) in [5.74, 6) is -1.02. The van der Waals surface area contributed by atoms with Crippen LogP contribution in [0.3, 0.4) is 0 Å². The summed E-state index contributed by atoms with van der Waals surface area (Å²) in [6.07, 6.45) is 2.65. The van der Waals surface area contributed by atoms with Crippen molar-refractivity contribution in [2.24, 2.45) is 0 Å². The van der Waals surface area contributed by atoms with Crippen LogP contribution in [-0.4, -0.2) is 30.1 Å². The number of ketones is 1. The summed E-state index contributed by atoms with van der Waals surface area (Å²) in [7, 11) is 0. The van der Waals surface area contributed by atoms with E-state index < -0.39 is 5.97 Å². The van der Waals surface area contributed by atoms with Crippen LogP contribution in [0.25, 0.3) is 6.08 Å². The molecule has 1 N–H and O–H groups in total. The molecule has 0 aliphatic heterocycles. The molecule has 2 rings (SSSR count). The molecule has 0 radical (unpaired) electrons. The first-order valence-corrected chi connectivity index (χ1v) is 7.87. The second-order valence-electron chi connectivity index (χ2n) is 5.23. The van der Waals surface area contributed by atoms with Gasteiger partial charge in [-0.3, -0.25) is 4.79 Å². The van der Waals surface area contributed by atoms with Crippen molar-refractivity contribution in [3.8, 4) is 0 Å². The van der Waals surface area contributed by atoms with Crippen molar-refractivity contribution in [1.82, 2.24) is 0 Å². The van der Waals surface area contributed by atoms with Crippen molar-refractivity contribution in [2.45, 2.75) is 12.8 Å². The maximum absolute atomic E-state index is 12.7. The standard InChI is InChI=1S/C20H20O4/c21-13-7-8-14-24-20(23)18(15-16-9-3-1-4-10-16)19(22)17-11-5-2-6-12-17/h1-6,9-12,15,21H,7-8,13-14H2. The number of aliphatic hydroxyl groups excluding tert-OH is 1. The largest absolute Gasteiger partial charge is 0.462 e. The average Bonchev–Trinajstić information content (AvgIpc) is 2.64. The van der Waals surface area contributed by atoms with Gasteiger partial charge in [0, 0.05) is 12.2 Å². The number of carbonyl (C=O) groups excluding carboxylic acids is 2. The first kappa shape index (κ1) is 17.6. The Labute approximate surface area is 141 Å². The van der Waals surface area contributed by atoms with Crippen LogP contribution in [0.2, 0.25) is 0 Å². The molecule has 0 bridgehead atoms. The van der Waals surface area contributed by atoms with E-state index >= 15 is 0 Å². The summed E-state index contributed by atoms with van der Waals surface area (Å²) >= 11 is 0. The van der Waals surface area contributed by atoms with Crippen LogP contribution >= 0.6 is 0 Å². The fourth-order valence-corrected chi connectivity index (χ4v) is 2.13. The van der Waals surface area contributed by atoms with Gasteiger partial charge in [0.05, 0.1) is 6.61 Å². The molecule has 0 saturated heterocycles. The van der Waals surface area contributed by atoms with E-state index in [0.717, 1.165) is 5.56 Å². The lowest BCUT2D eigenvalue weighted by molar-refractivity contribution is -0.138. The van der Waals surface area contributed by atoms with Crippen molar-refractivity contribution < 1.29 is 19.4 Å². The van der Waals surface area contributed by atoms with Crippen LogP contribution in [-0.2, 0) is 9.53 Å². The second kappa shape index (κ2) is 9.43. The third-order valence-electron chi connectivity index (χ3n) is 3.40. The molecule has 2 aromatic carbocycles. The highest BCUT2D eigenvalue weighted by Gasteiger charge is 2.21. The number of Topliss-reactive ketones (excluding diaryl/α,β-unsaturated/α-hetero) is 1. The van der Waals surface area contributed by atoms with Crippen molar-refractivity contribution in [3.05, 3.63) is 77.4 Å². The molecule has 0 fully saturated rings. The topological polar surface area (TPSA) is 63.6 Å². The van der Waals surface area contributed by atoms with E-state index in [0.29, 0.717) is 18.4 Å². The van der Waals surface area contributed by atoms with Crippen molar-refractivity contribution >= 4 is 17.8 Å². The monoisotopic (exact) mass is 324 g/mol. The molecule has 2 aromatic rings. The summed E-state index contributed by atoms with van der Waals surface area (Å²) in [6, 6.07) is 17.8. The molecule has 0 heterocycles. The zero-order valence-electron chi connectivity index (χ0n) is 13.4. The Morgan fingerprint density at radius 3 is 2.17 bits per heavy atom. The fourth-order valence-electron chi connectivity index (χ4n) is 2.13. The Bertz CT molecular complexity index is 690. The zero-order chi connectivity index (χ0) is 17.2. The molecule has 0 atom stereocenters. The number of carbonyl (C=O) groups is 2. The Morgan fingerprint density at radius 2 is 1.54 bits per heavy atom. The van der Waals surface area contributed by atoms with Crippen LogP contribution in [0.15, 0.2) is 66.2 Å². The molecule has 0 saturated carbocycles. The molecule has 24 heavy (non-hydrogen) atoms. The van der Waals surface area contributed by atoms with Gasteiger partial charge < -0.3 is 9.84 Å². The van der Waals surface area contributed by atoms with E-state index in [1.807, 2.05) is 36.4 Å². The normalized spacial score (nSPS) is 11.1. The summed E-state index contributed by atoms with van der Waals surface area (Å²) < 4.78 is 5.18. The number of hydrogen-bond acceptors (Lipinski definition) is 4. The molecular formula is C20H20O4. The molecule has 4 nitrogen and oxygen atoms in total. The number of ether oxygens (including phenoxy) is 1. The minimum atomic E-state index is -0.648. The zero-order valence-corrected chi connectivity index (χ0v) is 13.4. The van der Waals surface area contributed by atoms with Crippen LogP contribution in [0.1, 0.15) is 28.8 Å². The van der Waals surface area contributed by atoms with Gasteiger partial charge in [-0.05, 0) is 24.5 Å². The number of rotatable bonds is 8. The van der Waals surface area contributed by atoms with E-state index in [2.05, 4.69) is 0 Å². The maximum Gasteiger partial charge on any atom is 0.342 e. The van der Waals surface area contributed by atoms with Gasteiger partial charge in [0.25, 0.3) is 0 Å². The smallest absolute Gasteiger partial charge is 0.342 e. The van der Waals surface area contributed by atoms with Gasteiger partial charge in [-0.2, -0.15) is 0 Å². The molecule has 4 heteroatoms. The molecule has 0 aliphatic carbocycles. The van der Waals surface area contributed by atoms with E-state index in [1.54, 1.807) is 30.3 Å². The fraction of sp³-hybridized carbons (Fsp3) is 0.200. The van der Waals surface area contributed by atoms with Crippen molar-refractivity contribution in [2.75, 3.05) is 13.2 Å². The molecular weight excluding hydrogens is 304 g/mol. The lowest BCUT2D eigenvalue weighted by Gasteiger charge is -2.08. The minimum absolute atomic E-state index is 0.00333. The van der Waals surface area contributed by atoms with Gasteiger partial charge in [-0.15, -0.1) is 0 Å². The molecule has 0 aromatic heterocycles. The lowest BCUT2D eigenvalue weighted by Crippen LogP contribution is -2.17. The summed E-state index contributed by atoms with van der Waals surface area (Å²) in [4.78, 5) is 25.0. The molecule has 0 spiro atoms. The third kappa shape index (κ3) is 5.18. The SMILES string of the molecule is O=C(OCCCCO)C(=Cc1ccccc1)C(=O)c1ccccc1.